The van der Waals surface area contributed by atoms with Crippen molar-refractivity contribution >= 4 is 10.9 Å². The number of nitrogens with zero attached hydrogens (tertiary/aromatic N) is 2. The van der Waals surface area contributed by atoms with Crippen molar-refractivity contribution in [2.24, 2.45) is 0 Å². The van der Waals surface area contributed by atoms with Crippen LogP contribution in [0.25, 0.3) is 10.9 Å². The smallest absolute Gasteiger partial charge is 0.120 e. The number of aromatic nitrogens is 1. The van der Waals surface area contributed by atoms with Gasteiger partial charge in [0.1, 0.15) is 12.4 Å². The first-order chi connectivity index (χ1) is 10.9. The van der Waals surface area contributed by atoms with Crippen LogP contribution in [0.15, 0.2) is 66.9 Å². The van der Waals surface area contributed by atoms with Gasteiger partial charge in [-0.05, 0) is 29.8 Å². The summed E-state index contributed by atoms with van der Waals surface area (Å²) in [5.41, 5.74) is 2.37. The summed E-state index contributed by atoms with van der Waals surface area (Å²) in [6, 6.07) is 21.2. The van der Waals surface area contributed by atoms with Crippen LogP contribution >= 0.6 is 0 Å². The molecule has 0 aliphatic carbocycles. The van der Waals surface area contributed by atoms with Crippen LogP contribution in [0.2, 0.25) is 0 Å². The van der Waals surface area contributed by atoms with Crippen molar-refractivity contribution < 1.29 is 4.74 Å². The second-order valence-corrected chi connectivity index (χ2v) is 5.74. The Morgan fingerprint density at radius 3 is 2.86 bits per heavy atom. The molecule has 2 aromatic carbocycles. The van der Waals surface area contributed by atoms with E-state index in [-0.39, 0.29) is 0 Å². The standard InChI is InChI=1S/C19H18N2O/c1-2-5-15(6-3-1)12-21-13-17(21)14-22-18-8-9-19-16(11-18)7-4-10-20-19/h1-11,17H,12-14H2. The Morgan fingerprint density at radius 2 is 1.95 bits per heavy atom. The van der Waals surface area contributed by atoms with E-state index in [1.54, 1.807) is 0 Å². The molecule has 1 aliphatic heterocycles. The molecular weight excluding hydrogens is 272 g/mol. The molecule has 3 aromatic rings. The van der Waals surface area contributed by atoms with Crippen molar-refractivity contribution in [1.82, 2.24) is 9.88 Å². The van der Waals surface area contributed by atoms with Crippen molar-refractivity contribution in [3.63, 3.8) is 0 Å². The zero-order valence-electron chi connectivity index (χ0n) is 12.4. The molecule has 22 heavy (non-hydrogen) atoms. The molecule has 1 aliphatic rings. The Hall–Kier alpha value is -2.39. The number of hydrogen-bond acceptors (Lipinski definition) is 3. The van der Waals surface area contributed by atoms with Gasteiger partial charge in [0.2, 0.25) is 0 Å². The number of ether oxygens (including phenoxy) is 1. The molecule has 2 unspecified atom stereocenters. The molecule has 3 nitrogen and oxygen atoms in total. The number of benzene rings is 2. The van der Waals surface area contributed by atoms with Crippen LogP contribution in [-0.4, -0.2) is 29.1 Å². The molecule has 3 heteroatoms. The average molecular weight is 290 g/mol. The predicted molar refractivity (Wildman–Crippen MR) is 87.9 cm³/mol. The van der Waals surface area contributed by atoms with Crippen molar-refractivity contribution in [2.45, 2.75) is 12.6 Å². The summed E-state index contributed by atoms with van der Waals surface area (Å²) >= 11 is 0. The van der Waals surface area contributed by atoms with Crippen LogP contribution in [0.4, 0.5) is 0 Å². The Labute approximate surface area is 130 Å². The van der Waals surface area contributed by atoms with E-state index in [1.165, 1.54) is 5.56 Å². The summed E-state index contributed by atoms with van der Waals surface area (Å²) < 4.78 is 5.94. The quantitative estimate of drug-likeness (QED) is 0.672. The van der Waals surface area contributed by atoms with Gasteiger partial charge in [0.05, 0.1) is 11.6 Å². The minimum atomic E-state index is 0.532. The number of rotatable bonds is 5. The number of hydrogen-bond donors (Lipinski definition) is 0. The van der Waals surface area contributed by atoms with Gasteiger partial charge < -0.3 is 4.74 Å². The molecule has 0 N–H and O–H groups in total. The van der Waals surface area contributed by atoms with E-state index >= 15 is 0 Å². The van der Waals surface area contributed by atoms with E-state index in [2.05, 4.69) is 52.3 Å². The lowest BCUT2D eigenvalue weighted by Crippen LogP contribution is -2.10. The van der Waals surface area contributed by atoms with Gasteiger partial charge in [-0.2, -0.15) is 0 Å². The lowest BCUT2D eigenvalue weighted by molar-refractivity contribution is 0.293. The zero-order valence-corrected chi connectivity index (χ0v) is 12.4. The molecule has 110 valence electrons. The first-order valence-electron chi connectivity index (χ1n) is 7.64. The lowest BCUT2D eigenvalue weighted by Gasteiger charge is -2.08. The Balaban J connectivity index is 1.33. The monoisotopic (exact) mass is 290 g/mol. The van der Waals surface area contributed by atoms with E-state index in [0.717, 1.165) is 36.3 Å². The van der Waals surface area contributed by atoms with Gasteiger partial charge in [0, 0.05) is 24.7 Å². The third-order valence-electron chi connectivity index (χ3n) is 4.07. The highest BCUT2D eigenvalue weighted by Gasteiger charge is 2.34. The van der Waals surface area contributed by atoms with Crippen LogP contribution in [0.1, 0.15) is 5.56 Å². The van der Waals surface area contributed by atoms with Crippen LogP contribution in [0, 0.1) is 0 Å². The Bertz CT molecular complexity index is 773. The fraction of sp³-hybridized carbons (Fsp3) is 0.211. The minimum absolute atomic E-state index is 0.532. The van der Waals surface area contributed by atoms with Gasteiger partial charge in [-0.25, -0.2) is 0 Å². The van der Waals surface area contributed by atoms with Crippen LogP contribution in [0.3, 0.4) is 0 Å². The highest BCUT2D eigenvalue weighted by molar-refractivity contribution is 5.79. The third-order valence-corrected chi connectivity index (χ3v) is 4.07. The summed E-state index contributed by atoms with van der Waals surface area (Å²) in [4.78, 5) is 6.75. The van der Waals surface area contributed by atoms with Crippen LogP contribution in [-0.2, 0) is 6.54 Å². The third kappa shape index (κ3) is 2.95. The van der Waals surface area contributed by atoms with E-state index in [0.29, 0.717) is 6.04 Å². The van der Waals surface area contributed by atoms with Gasteiger partial charge in [0.15, 0.2) is 0 Å². The fourth-order valence-electron chi connectivity index (χ4n) is 2.73. The number of fused-ring (bicyclic) bond motifs is 1. The van der Waals surface area contributed by atoms with Crippen molar-refractivity contribution in [2.75, 3.05) is 13.2 Å². The lowest BCUT2D eigenvalue weighted by atomic mass is 10.2. The van der Waals surface area contributed by atoms with Gasteiger partial charge in [-0.15, -0.1) is 0 Å². The minimum Gasteiger partial charge on any atom is -0.492 e. The largest absolute Gasteiger partial charge is 0.492 e. The maximum absolute atomic E-state index is 5.94. The first kappa shape index (κ1) is 13.3. The molecule has 0 spiro atoms. The summed E-state index contributed by atoms with van der Waals surface area (Å²) in [7, 11) is 0. The summed E-state index contributed by atoms with van der Waals surface area (Å²) in [5.74, 6) is 0.923. The van der Waals surface area contributed by atoms with E-state index in [9.17, 15) is 0 Å². The van der Waals surface area contributed by atoms with Crippen molar-refractivity contribution in [3.8, 4) is 5.75 Å². The second kappa shape index (κ2) is 5.78. The molecule has 0 bridgehead atoms. The molecule has 4 rings (SSSR count). The zero-order chi connectivity index (χ0) is 14.8. The van der Waals surface area contributed by atoms with E-state index < -0.39 is 0 Å². The van der Waals surface area contributed by atoms with Gasteiger partial charge in [0.25, 0.3) is 0 Å². The van der Waals surface area contributed by atoms with E-state index in [1.807, 2.05) is 24.4 Å². The molecule has 1 saturated heterocycles. The molecule has 2 atom stereocenters. The second-order valence-electron chi connectivity index (χ2n) is 5.74. The molecule has 0 radical (unpaired) electrons. The summed E-state index contributed by atoms with van der Waals surface area (Å²) in [6.45, 7) is 2.87. The molecular formula is C19H18N2O. The highest BCUT2D eigenvalue weighted by Crippen LogP contribution is 2.24. The summed E-state index contributed by atoms with van der Waals surface area (Å²) in [6.07, 6.45) is 1.81. The maximum atomic E-state index is 5.94. The molecule has 0 amide bonds. The number of pyridine rings is 1. The van der Waals surface area contributed by atoms with Crippen LogP contribution < -0.4 is 4.74 Å². The predicted octanol–water partition coefficient (Wildman–Crippen LogP) is 3.50. The molecule has 1 fully saturated rings. The Kier molecular flexibility index (Phi) is 3.49. The van der Waals surface area contributed by atoms with Gasteiger partial charge >= 0.3 is 0 Å². The highest BCUT2D eigenvalue weighted by atomic mass is 16.5. The van der Waals surface area contributed by atoms with Crippen molar-refractivity contribution in [3.05, 3.63) is 72.4 Å². The summed E-state index contributed by atoms with van der Waals surface area (Å²) in [5, 5.41) is 1.12. The van der Waals surface area contributed by atoms with E-state index in [4.69, 9.17) is 4.74 Å². The SMILES string of the molecule is c1ccc(CN2CC2COc2ccc3ncccc3c2)cc1. The molecule has 1 aromatic heterocycles. The Morgan fingerprint density at radius 1 is 1.05 bits per heavy atom. The van der Waals surface area contributed by atoms with Gasteiger partial charge in [-0.3, -0.25) is 9.88 Å². The molecule has 0 saturated carbocycles. The normalized spacial score (nSPS) is 20.0. The average Bonchev–Trinajstić information content (AvgIpc) is 3.31. The topological polar surface area (TPSA) is 25.1 Å². The first-order valence-corrected chi connectivity index (χ1v) is 7.64. The maximum Gasteiger partial charge on any atom is 0.120 e. The van der Waals surface area contributed by atoms with Crippen molar-refractivity contribution in [1.29, 1.82) is 0 Å². The molecule has 2 heterocycles. The van der Waals surface area contributed by atoms with Crippen LogP contribution in [0.5, 0.6) is 5.75 Å². The van der Waals surface area contributed by atoms with Gasteiger partial charge in [-0.1, -0.05) is 36.4 Å². The fourth-order valence-corrected chi connectivity index (χ4v) is 2.73.